The number of rotatable bonds is 7. The molecule has 1 atom stereocenters. The lowest BCUT2D eigenvalue weighted by atomic mass is 10.2. The number of carbonyl (C=O) groups is 2. The van der Waals surface area contributed by atoms with Crippen molar-refractivity contribution in [1.29, 1.82) is 0 Å². The number of nitrogens with one attached hydrogen (secondary N) is 1. The lowest BCUT2D eigenvalue weighted by Gasteiger charge is -2.14. The molecule has 1 rings (SSSR count). The number of esters is 1. The van der Waals surface area contributed by atoms with Crippen molar-refractivity contribution in [2.75, 3.05) is 20.7 Å². The summed E-state index contributed by atoms with van der Waals surface area (Å²) in [4.78, 5) is 23.4. The van der Waals surface area contributed by atoms with Gasteiger partial charge in [-0.05, 0) is 31.5 Å². The molecule has 1 N–H and O–H groups in total. The van der Waals surface area contributed by atoms with E-state index in [1.165, 1.54) is 26.2 Å². The van der Waals surface area contributed by atoms with Crippen LogP contribution >= 0.6 is 11.6 Å². The second-order valence-electron chi connectivity index (χ2n) is 5.39. The molecule has 24 heavy (non-hydrogen) atoms. The van der Waals surface area contributed by atoms with E-state index in [1.54, 1.807) is 0 Å². The third-order valence-corrected chi connectivity index (χ3v) is 5.58. The van der Waals surface area contributed by atoms with Crippen LogP contribution in [0.4, 0.5) is 0 Å². The van der Waals surface area contributed by atoms with Gasteiger partial charge >= 0.3 is 5.97 Å². The summed E-state index contributed by atoms with van der Waals surface area (Å²) in [6.07, 6.45) is 0.753. The van der Waals surface area contributed by atoms with Gasteiger partial charge in [0.05, 0.1) is 10.6 Å². The van der Waals surface area contributed by atoms with Gasteiger partial charge in [-0.25, -0.2) is 17.5 Å². The zero-order valence-electron chi connectivity index (χ0n) is 14.0. The molecule has 1 amide bonds. The van der Waals surface area contributed by atoms with Crippen molar-refractivity contribution in [2.24, 2.45) is 0 Å². The highest BCUT2D eigenvalue weighted by Gasteiger charge is 2.23. The highest BCUT2D eigenvalue weighted by atomic mass is 35.5. The molecule has 7 nitrogen and oxygen atoms in total. The molecule has 0 aliphatic carbocycles. The summed E-state index contributed by atoms with van der Waals surface area (Å²) >= 11 is 5.91. The number of carbonyl (C=O) groups excluding carboxylic acids is 2. The summed E-state index contributed by atoms with van der Waals surface area (Å²) in [5.41, 5.74) is -0.00355. The maximum absolute atomic E-state index is 12.2. The lowest BCUT2D eigenvalue weighted by molar-refractivity contribution is -0.124. The van der Waals surface area contributed by atoms with E-state index in [2.05, 4.69) is 5.32 Å². The van der Waals surface area contributed by atoms with Gasteiger partial charge in [0.15, 0.2) is 6.61 Å². The number of benzene rings is 1. The third-order valence-electron chi connectivity index (χ3n) is 3.28. The molecule has 0 aliphatic rings. The highest BCUT2D eigenvalue weighted by molar-refractivity contribution is 7.89. The highest BCUT2D eigenvalue weighted by Crippen LogP contribution is 2.25. The number of halogens is 1. The minimum absolute atomic E-state index is 0.00355. The fourth-order valence-corrected chi connectivity index (χ4v) is 3.05. The van der Waals surface area contributed by atoms with E-state index < -0.39 is 28.5 Å². The van der Waals surface area contributed by atoms with Crippen LogP contribution < -0.4 is 5.32 Å². The normalized spacial score (nSPS) is 12.8. The predicted octanol–water partition coefficient (Wildman–Crippen LogP) is 1.66. The van der Waals surface area contributed by atoms with E-state index in [1.807, 2.05) is 13.8 Å². The lowest BCUT2D eigenvalue weighted by Crippen LogP contribution is -2.35. The van der Waals surface area contributed by atoms with Gasteiger partial charge in [0.1, 0.15) is 4.90 Å². The summed E-state index contributed by atoms with van der Waals surface area (Å²) in [5, 5.41) is 2.65. The quantitative estimate of drug-likeness (QED) is 0.730. The zero-order chi connectivity index (χ0) is 18.5. The number of ether oxygens (including phenoxy) is 1. The first-order valence-electron chi connectivity index (χ1n) is 7.28. The van der Waals surface area contributed by atoms with Crippen molar-refractivity contribution in [3.05, 3.63) is 28.8 Å². The summed E-state index contributed by atoms with van der Waals surface area (Å²) < 4.78 is 30.2. The van der Waals surface area contributed by atoms with Gasteiger partial charge in [-0.15, -0.1) is 0 Å². The molecule has 1 aromatic carbocycles. The Morgan fingerprint density at radius 2 is 1.96 bits per heavy atom. The smallest absolute Gasteiger partial charge is 0.338 e. The van der Waals surface area contributed by atoms with Crippen LogP contribution in [0.5, 0.6) is 0 Å². The molecular weight excluding hydrogens is 356 g/mol. The maximum atomic E-state index is 12.2. The van der Waals surface area contributed by atoms with Crippen LogP contribution in [0, 0.1) is 0 Å². The van der Waals surface area contributed by atoms with Crippen LogP contribution in [0.3, 0.4) is 0 Å². The molecule has 0 aliphatic heterocycles. The first-order chi connectivity index (χ1) is 11.1. The topological polar surface area (TPSA) is 92.8 Å². The zero-order valence-corrected chi connectivity index (χ0v) is 15.6. The number of amides is 1. The van der Waals surface area contributed by atoms with Crippen molar-refractivity contribution in [2.45, 2.75) is 31.2 Å². The van der Waals surface area contributed by atoms with Crippen molar-refractivity contribution in [3.63, 3.8) is 0 Å². The number of hydrogen-bond donors (Lipinski definition) is 1. The third kappa shape index (κ3) is 5.19. The molecule has 0 radical (unpaired) electrons. The van der Waals surface area contributed by atoms with Crippen LogP contribution in [-0.4, -0.2) is 51.3 Å². The van der Waals surface area contributed by atoms with Gasteiger partial charge in [0, 0.05) is 20.1 Å². The van der Waals surface area contributed by atoms with Crippen molar-refractivity contribution in [3.8, 4) is 0 Å². The Hall–Kier alpha value is -1.64. The van der Waals surface area contributed by atoms with Gasteiger partial charge in [-0.2, -0.15) is 0 Å². The molecule has 0 fully saturated rings. The molecule has 1 unspecified atom stereocenters. The fourth-order valence-electron chi connectivity index (χ4n) is 1.66. The minimum Gasteiger partial charge on any atom is -0.452 e. The SMILES string of the molecule is CCC(C)NC(=O)COC(=O)c1ccc(Cl)c(S(=O)(=O)N(C)C)c1. The Labute approximate surface area is 147 Å². The average molecular weight is 377 g/mol. The van der Waals surface area contributed by atoms with Gasteiger partial charge in [0.25, 0.3) is 5.91 Å². The van der Waals surface area contributed by atoms with Gasteiger partial charge in [-0.3, -0.25) is 4.79 Å². The molecule has 0 saturated heterocycles. The molecule has 0 bridgehead atoms. The summed E-state index contributed by atoms with van der Waals surface area (Å²) in [7, 11) is -1.09. The van der Waals surface area contributed by atoms with E-state index in [0.29, 0.717) is 0 Å². The van der Waals surface area contributed by atoms with Crippen molar-refractivity contribution < 1.29 is 22.7 Å². The van der Waals surface area contributed by atoms with Gasteiger partial charge < -0.3 is 10.1 Å². The van der Waals surface area contributed by atoms with Crippen molar-refractivity contribution >= 4 is 33.5 Å². The number of hydrogen-bond acceptors (Lipinski definition) is 5. The van der Waals surface area contributed by atoms with Gasteiger partial charge in [0.2, 0.25) is 10.0 Å². The van der Waals surface area contributed by atoms with E-state index in [-0.39, 0.29) is 21.5 Å². The van der Waals surface area contributed by atoms with Gasteiger partial charge in [-0.1, -0.05) is 18.5 Å². The van der Waals surface area contributed by atoms with E-state index in [9.17, 15) is 18.0 Å². The van der Waals surface area contributed by atoms with Crippen LogP contribution in [0.1, 0.15) is 30.6 Å². The first-order valence-corrected chi connectivity index (χ1v) is 9.10. The number of nitrogens with zero attached hydrogens (tertiary/aromatic N) is 1. The summed E-state index contributed by atoms with van der Waals surface area (Å²) in [6, 6.07) is 3.75. The Kier molecular flexibility index (Phi) is 7.19. The molecule has 1 aromatic rings. The monoisotopic (exact) mass is 376 g/mol. The maximum Gasteiger partial charge on any atom is 0.338 e. The van der Waals surface area contributed by atoms with Crippen LogP contribution in [0.2, 0.25) is 5.02 Å². The summed E-state index contributed by atoms with van der Waals surface area (Å²) in [5.74, 6) is -1.23. The largest absolute Gasteiger partial charge is 0.452 e. The van der Waals surface area contributed by atoms with E-state index in [0.717, 1.165) is 16.8 Å². The van der Waals surface area contributed by atoms with E-state index in [4.69, 9.17) is 16.3 Å². The van der Waals surface area contributed by atoms with Crippen molar-refractivity contribution in [1.82, 2.24) is 9.62 Å². The molecule has 0 heterocycles. The van der Waals surface area contributed by atoms with Crippen LogP contribution in [0.15, 0.2) is 23.1 Å². The minimum atomic E-state index is -3.80. The second kappa shape index (κ2) is 8.46. The number of sulfonamides is 1. The average Bonchev–Trinajstić information content (AvgIpc) is 2.52. The predicted molar refractivity (Wildman–Crippen MR) is 90.5 cm³/mol. The Morgan fingerprint density at radius 1 is 1.33 bits per heavy atom. The fraction of sp³-hybridized carbons (Fsp3) is 0.467. The molecular formula is C15H21ClN2O5S. The summed E-state index contributed by atoms with van der Waals surface area (Å²) in [6.45, 7) is 3.30. The molecule has 134 valence electrons. The Balaban J connectivity index is 2.88. The molecule has 0 saturated carbocycles. The molecule has 0 aromatic heterocycles. The molecule has 0 spiro atoms. The van der Waals surface area contributed by atoms with Crippen LogP contribution in [-0.2, 0) is 19.6 Å². The molecule has 9 heteroatoms. The standard InChI is InChI=1S/C15H21ClN2O5S/c1-5-10(2)17-14(19)9-23-15(20)11-6-7-12(16)13(8-11)24(21,22)18(3)4/h6-8,10H,5,9H2,1-4H3,(H,17,19). The Bertz CT molecular complexity index is 719. The van der Waals surface area contributed by atoms with Crippen LogP contribution in [0.25, 0.3) is 0 Å². The second-order valence-corrected chi connectivity index (χ2v) is 7.91. The Morgan fingerprint density at radius 3 is 2.50 bits per heavy atom. The first kappa shape index (κ1) is 20.4. The van der Waals surface area contributed by atoms with E-state index >= 15 is 0 Å².